The van der Waals surface area contributed by atoms with Crippen molar-refractivity contribution >= 4 is 5.91 Å². The van der Waals surface area contributed by atoms with Crippen molar-refractivity contribution in [3.63, 3.8) is 0 Å². The van der Waals surface area contributed by atoms with E-state index >= 15 is 0 Å². The molecule has 3 aliphatic heterocycles. The van der Waals surface area contributed by atoms with E-state index in [1.54, 1.807) is 0 Å². The van der Waals surface area contributed by atoms with Crippen LogP contribution in [0.2, 0.25) is 0 Å². The van der Waals surface area contributed by atoms with Crippen molar-refractivity contribution < 1.29 is 9.53 Å². The van der Waals surface area contributed by atoms with Gasteiger partial charge in [0.15, 0.2) is 0 Å². The van der Waals surface area contributed by atoms with Gasteiger partial charge in [-0.05, 0) is 6.92 Å². The molecule has 1 N–H and O–H groups in total. The van der Waals surface area contributed by atoms with Crippen LogP contribution >= 0.6 is 0 Å². The smallest absolute Gasteiger partial charge is 0.239 e. The predicted molar refractivity (Wildman–Crippen MR) is 76.7 cm³/mol. The van der Waals surface area contributed by atoms with E-state index in [4.69, 9.17) is 4.74 Å². The van der Waals surface area contributed by atoms with Gasteiger partial charge in [-0.1, -0.05) is 0 Å². The largest absolute Gasteiger partial charge is 0.378 e. The molecule has 3 rings (SSSR count). The van der Waals surface area contributed by atoms with Crippen molar-refractivity contribution in [2.45, 2.75) is 19.0 Å². The normalized spacial score (nSPS) is 28.1. The molecule has 1 amide bonds. The minimum Gasteiger partial charge on any atom is -0.378 e. The summed E-state index contributed by atoms with van der Waals surface area (Å²) in [6, 6.07) is 0.733. The van der Waals surface area contributed by atoms with Crippen molar-refractivity contribution in [1.29, 1.82) is 0 Å². The van der Waals surface area contributed by atoms with Gasteiger partial charge in [-0.15, -0.1) is 0 Å². The molecule has 0 aliphatic carbocycles. The molecule has 1 unspecified atom stereocenters. The van der Waals surface area contributed by atoms with Crippen LogP contribution in [0.25, 0.3) is 0 Å². The third-order valence-corrected chi connectivity index (χ3v) is 4.85. The second-order valence-electron chi connectivity index (χ2n) is 6.00. The molecule has 3 saturated heterocycles. The number of carbonyl (C=O) groups excluding carboxylic acids is 1. The van der Waals surface area contributed by atoms with E-state index in [0.717, 1.165) is 58.4 Å². The van der Waals surface area contributed by atoms with E-state index in [1.165, 1.54) is 0 Å². The van der Waals surface area contributed by atoms with Crippen LogP contribution in [0.15, 0.2) is 0 Å². The average molecular weight is 282 g/mol. The van der Waals surface area contributed by atoms with Gasteiger partial charge in [-0.3, -0.25) is 14.6 Å². The van der Waals surface area contributed by atoms with Gasteiger partial charge in [0.1, 0.15) is 0 Å². The number of nitrogens with one attached hydrogen (secondary N) is 1. The molecular weight excluding hydrogens is 256 g/mol. The first-order valence-corrected chi connectivity index (χ1v) is 7.81. The zero-order valence-electron chi connectivity index (χ0n) is 12.4. The number of morpholine rings is 1. The van der Waals surface area contributed by atoms with E-state index in [2.05, 4.69) is 22.0 Å². The number of hydrogen-bond donors (Lipinski definition) is 1. The minimum atomic E-state index is 0.00904. The minimum absolute atomic E-state index is 0.00904. The zero-order chi connectivity index (χ0) is 13.9. The van der Waals surface area contributed by atoms with Gasteiger partial charge in [0.2, 0.25) is 5.91 Å². The average Bonchev–Trinajstić information content (AvgIpc) is 2.46. The lowest BCUT2D eigenvalue weighted by molar-refractivity contribution is -0.141. The summed E-state index contributed by atoms with van der Waals surface area (Å²) in [6.45, 7) is 11.4. The Bertz CT molecular complexity index is 334. The van der Waals surface area contributed by atoms with Crippen LogP contribution in [0.5, 0.6) is 0 Å². The Labute approximate surface area is 121 Å². The Balaban J connectivity index is 1.47. The standard InChI is InChI=1S/C14H26N4O2/c1-12(14(19)18-6-8-20-9-7-18)16-2-4-17(5-3-16)13-10-15-11-13/h12-13,15H,2-11H2,1H3. The van der Waals surface area contributed by atoms with Crippen molar-refractivity contribution in [1.82, 2.24) is 20.0 Å². The number of nitrogens with zero attached hydrogens (tertiary/aromatic N) is 3. The predicted octanol–water partition coefficient (Wildman–Crippen LogP) is -1.18. The fraction of sp³-hybridized carbons (Fsp3) is 0.929. The topological polar surface area (TPSA) is 48.1 Å². The highest BCUT2D eigenvalue weighted by Gasteiger charge is 2.32. The van der Waals surface area contributed by atoms with Gasteiger partial charge in [0.05, 0.1) is 19.3 Å². The molecule has 1 atom stereocenters. The molecule has 0 bridgehead atoms. The number of rotatable bonds is 3. The molecule has 0 aromatic carbocycles. The van der Waals surface area contributed by atoms with E-state index in [0.29, 0.717) is 13.2 Å². The number of hydrogen-bond acceptors (Lipinski definition) is 5. The van der Waals surface area contributed by atoms with Crippen LogP contribution in [0.3, 0.4) is 0 Å². The fourth-order valence-electron chi connectivity index (χ4n) is 3.23. The first kappa shape index (κ1) is 14.3. The first-order valence-electron chi connectivity index (χ1n) is 7.81. The molecule has 0 radical (unpaired) electrons. The summed E-state index contributed by atoms with van der Waals surface area (Å²) >= 11 is 0. The zero-order valence-corrected chi connectivity index (χ0v) is 12.4. The van der Waals surface area contributed by atoms with Crippen molar-refractivity contribution in [3.05, 3.63) is 0 Å². The third-order valence-electron chi connectivity index (χ3n) is 4.85. The van der Waals surface area contributed by atoms with Gasteiger partial charge in [-0.2, -0.15) is 0 Å². The molecule has 114 valence electrons. The van der Waals surface area contributed by atoms with E-state index in [1.807, 2.05) is 4.90 Å². The maximum Gasteiger partial charge on any atom is 0.239 e. The lowest BCUT2D eigenvalue weighted by Crippen LogP contribution is -2.63. The van der Waals surface area contributed by atoms with Crippen LogP contribution in [0, 0.1) is 0 Å². The summed E-state index contributed by atoms with van der Waals surface area (Å²) in [5.74, 6) is 0.270. The molecule has 3 fully saturated rings. The number of carbonyl (C=O) groups is 1. The van der Waals surface area contributed by atoms with Gasteiger partial charge in [-0.25, -0.2) is 0 Å². The second-order valence-corrected chi connectivity index (χ2v) is 6.00. The molecule has 0 saturated carbocycles. The molecule has 6 heteroatoms. The summed E-state index contributed by atoms with van der Waals surface area (Å²) < 4.78 is 5.31. The molecule has 0 aromatic heterocycles. The van der Waals surface area contributed by atoms with Gasteiger partial charge in [0, 0.05) is 58.4 Å². The Hall–Kier alpha value is -0.690. The van der Waals surface area contributed by atoms with Crippen LogP contribution in [-0.2, 0) is 9.53 Å². The van der Waals surface area contributed by atoms with E-state index in [9.17, 15) is 4.79 Å². The summed E-state index contributed by atoms with van der Waals surface area (Å²) in [5.41, 5.74) is 0. The Morgan fingerprint density at radius 3 is 2.30 bits per heavy atom. The molecule has 3 heterocycles. The number of ether oxygens (including phenoxy) is 1. The van der Waals surface area contributed by atoms with Crippen molar-refractivity contribution in [2.75, 3.05) is 65.6 Å². The summed E-state index contributed by atoms with van der Waals surface area (Å²) in [6.07, 6.45) is 0. The highest BCUT2D eigenvalue weighted by atomic mass is 16.5. The van der Waals surface area contributed by atoms with Crippen LogP contribution < -0.4 is 5.32 Å². The van der Waals surface area contributed by atoms with Gasteiger partial charge in [0.25, 0.3) is 0 Å². The van der Waals surface area contributed by atoms with Crippen molar-refractivity contribution in [3.8, 4) is 0 Å². The Morgan fingerprint density at radius 2 is 1.75 bits per heavy atom. The van der Waals surface area contributed by atoms with Gasteiger partial charge < -0.3 is 15.0 Å². The quantitative estimate of drug-likeness (QED) is 0.706. The fourth-order valence-corrected chi connectivity index (χ4v) is 3.23. The highest BCUT2D eigenvalue weighted by molar-refractivity contribution is 5.81. The second kappa shape index (κ2) is 6.39. The van der Waals surface area contributed by atoms with Crippen molar-refractivity contribution in [2.24, 2.45) is 0 Å². The third kappa shape index (κ3) is 2.98. The highest BCUT2D eigenvalue weighted by Crippen LogP contribution is 2.13. The summed E-state index contributed by atoms with van der Waals surface area (Å²) in [5, 5.41) is 3.33. The summed E-state index contributed by atoms with van der Waals surface area (Å²) in [7, 11) is 0. The molecule has 0 aromatic rings. The van der Waals surface area contributed by atoms with Crippen LogP contribution in [-0.4, -0.2) is 98.3 Å². The van der Waals surface area contributed by atoms with Crippen LogP contribution in [0.1, 0.15) is 6.92 Å². The Kier molecular flexibility index (Phi) is 4.55. The first-order chi connectivity index (χ1) is 9.75. The maximum absolute atomic E-state index is 12.5. The lowest BCUT2D eigenvalue weighted by atomic mass is 10.1. The SMILES string of the molecule is CC(C(=O)N1CCOCC1)N1CCN(C2CNC2)CC1. The van der Waals surface area contributed by atoms with E-state index in [-0.39, 0.29) is 11.9 Å². The molecule has 20 heavy (non-hydrogen) atoms. The molecule has 0 spiro atoms. The number of piperazine rings is 1. The lowest BCUT2D eigenvalue weighted by Gasteiger charge is -2.45. The molecular formula is C14H26N4O2. The molecule has 3 aliphatic rings. The van der Waals surface area contributed by atoms with E-state index < -0.39 is 0 Å². The summed E-state index contributed by atoms with van der Waals surface area (Å²) in [4.78, 5) is 19.3. The monoisotopic (exact) mass is 282 g/mol. The number of amides is 1. The Morgan fingerprint density at radius 1 is 1.10 bits per heavy atom. The molecule has 6 nitrogen and oxygen atoms in total. The van der Waals surface area contributed by atoms with Gasteiger partial charge >= 0.3 is 0 Å². The van der Waals surface area contributed by atoms with Crippen LogP contribution in [0.4, 0.5) is 0 Å². The maximum atomic E-state index is 12.5.